The van der Waals surface area contributed by atoms with Gasteiger partial charge in [-0.05, 0) is 59.3 Å². The summed E-state index contributed by atoms with van der Waals surface area (Å²) in [5.41, 5.74) is 0.218. The molecule has 0 aromatic heterocycles. The van der Waals surface area contributed by atoms with Crippen LogP contribution in [0.2, 0.25) is 0 Å². The van der Waals surface area contributed by atoms with E-state index in [0.29, 0.717) is 31.7 Å². The number of nitrogens with zero attached hydrogens (tertiary/aromatic N) is 1. The zero-order chi connectivity index (χ0) is 15.7. The van der Waals surface area contributed by atoms with Crippen LogP contribution >= 0.6 is 0 Å². The van der Waals surface area contributed by atoms with Gasteiger partial charge in [0.1, 0.15) is 0 Å². The fraction of sp³-hybridized carbons (Fsp3) is 1.00. The first kappa shape index (κ1) is 17.1. The van der Waals surface area contributed by atoms with Crippen LogP contribution in [0.1, 0.15) is 59.3 Å². The molecule has 5 heteroatoms. The molecule has 124 valence electrons. The van der Waals surface area contributed by atoms with Crippen LogP contribution in [-0.2, 0) is 0 Å². The van der Waals surface area contributed by atoms with E-state index in [1.54, 1.807) is 0 Å². The maximum absolute atomic E-state index is 12.7. The number of likely N-dealkylation sites (tertiary alicyclic amines) is 1. The normalized spacial score (nSPS) is 30.6. The molecule has 1 saturated heterocycles. The van der Waals surface area contributed by atoms with Crippen molar-refractivity contribution in [2.45, 2.75) is 83.1 Å². The van der Waals surface area contributed by atoms with Crippen molar-refractivity contribution in [3.63, 3.8) is 0 Å². The fourth-order valence-electron chi connectivity index (χ4n) is 3.64. The van der Waals surface area contributed by atoms with Crippen LogP contribution in [0.15, 0.2) is 0 Å². The molecule has 1 heterocycles. The van der Waals surface area contributed by atoms with Gasteiger partial charge in [-0.1, -0.05) is 0 Å². The largest absolute Gasteiger partial charge is 0.391 e. The molecule has 1 saturated carbocycles. The van der Waals surface area contributed by atoms with E-state index in [9.17, 15) is 13.2 Å². The van der Waals surface area contributed by atoms with Gasteiger partial charge in [0.05, 0.1) is 5.92 Å². The highest BCUT2D eigenvalue weighted by Gasteiger charge is 2.41. The van der Waals surface area contributed by atoms with Crippen molar-refractivity contribution in [3.8, 4) is 0 Å². The molecule has 0 aromatic rings. The van der Waals surface area contributed by atoms with Crippen molar-refractivity contribution in [3.05, 3.63) is 0 Å². The highest BCUT2D eigenvalue weighted by Crippen LogP contribution is 2.37. The Morgan fingerprint density at radius 1 is 0.810 bits per heavy atom. The zero-order valence-corrected chi connectivity index (χ0v) is 13.5. The summed E-state index contributed by atoms with van der Waals surface area (Å²) in [5, 5.41) is 3.61. The van der Waals surface area contributed by atoms with Gasteiger partial charge in [-0.25, -0.2) is 0 Å². The van der Waals surface area contributed by atoms with Crippen LogP contribution in [0.4, 0.5) is 13.2 Å². The van der Waals surface area contributed by atoms with Gasteiger partial charge in [0.25, 0.3) is 0 Å². The second kappa shape index (κ2) is 6.45. The Kier molecular flexibility index (Phi) is 5.24. The van der Waals surface area contributed by atoms with E-state index in [1.807, 2.05) is 0 Å². The number of nitrogens with one attached hydrogen (secondary N) is 1. The average molecular weight is 306 g/mol. The monoisotopic (exact) mass is 306 g/mol. The Hall–Kier alpha value is -0.290. The lowest BCUT2D eigenvalue weighted by Gasteiger charge is -2.42. The molecule has 0 spiro atoms. The second-order valence-electron chi connectivity index (χ2n) is 7.69. The average Bonchev–Trinajstić information content (AvgIpc) is 2.38. The van der Waals surface area contributed by atoms with Crippen molar-refractivity contribution in [2.24, 2.45) is 5.92 Å². The molecule has 0 amide bonds. The van der Waals surface area contributed by atoms with Gasteiger partial charge >= 0.3 is 6.18 Å². The molecule has 1 aliphatic heterocycles. The molecule has 0 atom stereocenters. The summed E-state index contributed by atoms with van der Waals surface area (Å²) < 4.78 is 38.0. The standard InChI is InChI=1S/C16H29F3N2/c1-15(2,3)21-10-8-14(9-11-21)20-13-6-4-12(5-7-13)16(17,18)19/h12-14,20H,4-11H2,1-3H3. The Labute approximate surface area is 126 Å². The topological polar surface area (TPSA) is 15.3 Å². The first-order valence-electron chi connectivity index (χ1n) is 8.24. The van der Waals surface area contributed by atoms with Crippen molar-refractivity contribution in [1.82, 2.24) is 10.2 Å². The molecule has 0 bridgehead atoms. The molecule has 1 aliphatic carbocycles. The maximum Gasteiger partial charge on any atom is 0.391 e. The maximum atomic E-state index is 12.7. The van der Waals surface area contributed by atoms with Gasteiger partial charge in [-0.15, -0.1) is 0 Å². The molecule has 21 heavy (non-hydrogen) atoms. The summed E-state index contributed by atoms with van der Waals surface area (Å²) in [4.78, 5) is 2.49. The quantitative estimate of drug-likeness (QED) is 0.831. The summed E-state index contributed by atoms with van der Waals surface area (Å²) in [6.07, 6.45) is 0.146. The van der Waals surface area contributed by atoms with Crippen LogP contribution in [0.5, 0.6) is 0 Å². The number of alkyl halides is 3. The third kappa shape index (κ3) is 4.85. The minimum Gasteiger partial charge on any atom is -0.311 e. The Morgan fingerprint density at radius 3 is 1.71 bits per heavy atom. The van der Waals surface area contributed by atoms with Crippen LogP contribution < -0.4 is 5.32 Å². The van der Waals surface area contributed by atoms with Crippen molar-refractivity contribution in [2.75, 3.05) is 13.1 Å². The first-order valence-corrected chi connectivity index (χ1v) is 8.24. The molecule has 2 nitrogen and oxygen atoms in total. The first-order chi connectivity index (χ1) is 9.66. The molecule has 1 N–H and O–H groups in total. The highest BCUT2D eigenvalue weighted by molar-refractivity contribution is 4.88. The van der Waals surface area contributed by atoms with E-state index < -0.39 is 12.1 Å². The van der Waals surface area contributed by atoms with Crippen molar-refractivity contribution in [1.29, 1.82) is 0 Å². The van der Waals surface area contributed by atoms with Crippen LogP contribution in [0, 0.1) is 5.92 Å². The predicted octanol–water partition coefficient (Wildman–Crippen LogP) is 3.96. The van der Waals surface area contributed by atoms with E-state index in [1.165, 1.54) is 0 Å². The predicted molar refractivity (Wildman–Crippen MR) is 79.3 cm³/mol. The summed E-state index contributed by atoms with van der Waals surface area (Å²) in [6.45, 7) is 8.87. The van der Waals surface area contributed by atoms with Gasteiger partial charge < -0.3 is 5.32 Å². The van der Waals surface area contributed by atoms with Crippen LogP contribution in [0.3, 0.4) is 0 Å². The molecular formula is C16H29F3N2. The second-order valence-corrected chi connectivity index (χ2v) is 7.69. The number of hydrogen-bond donors (Lipinski definition) is 1. The smallest absolute Gasteiger partial charge is 0.311 e. The van der Waals surface area contributed by atoms with Gasteiger partial charge in [-0.2, -0.15) is 13.2 Å². The molecule has 2 fully saturated rings. The van der Waals surface area contributed by atoms with E-state index in [2.05, 4.69) is 31.0 Å². The Bertz CT molecular complexity index is 287. The summed E-state index contributed by atoms with van der Waals surface area (Å²) in [5.74, 6) is -1.07. The third-order valence-corrected chi connectivity index (χ3v) is 5.11. The van der Waals surface area contributed by atoms with Crippen molar-refractivity contribution >= 4 is 0 Å². The number of piperidine rings is 1. The SMILES string of the molecule is CC(C)(C)N1CCC(NC2CCC(C(F)(F)F)CC2)CC1. The third-order valence-electron chi connectivity index (χ3n) is 5.11. The summed E-state index contributed by atoms with van der Waals surface area (Å²) in [7, 11) is 0. The summed E-state index contributed by atoms with van der Waals surface area (Å²) >= 11 is 0. The lowest BCUT2D eigenvalue weighted by molar-refractivity contribution is -0.182. The molecule has 0 unspecified atom stereocenters. The summed E-state index contributed by atoms with van der Waals surface area (Å²) in [6, 6.07) is 0.769. The van der Waals surface area contributed by atoms with E-state index >= 15 is 0 Å². The van der Waals surface area contributed by atoms with Gasteiger partial charge in [0.15, 0.2) is 0 Å². The molecular weight excluding hydrogens is 277 g/mol. The van der Waals surface area contributed by atoms with Crippen LogP contribution in [0.25, 0.3) is 0 Å². The van der Waals surface area contributed by atoms with Crippen molar-refractivity contribution < 1.29 is 13.2 Å². The highest BCUT2D eigenvalue weighted by atomic mass is 19.4. The van der Waals surface area contributed by atoms with Crippen LogP contribution in [-0.4, -0.2) is 41.8 Å². The molecule has 2 rings (SSSR count). The molecule has 0 radical (unpaired) electrons. The number of rotatable bonds is 2. The van der Waals surface area contributed by atoms with E-state index in [4.69, 9.17) is 0 Å². The minimum absolute atomic E-state index is 0.218. The van der Waals surface area contributed by atoms with Gasteiger partial charge in [-0.3, -0.25) is 4.90 Å². The Morgan fingerprint density at radius 2 is 1.29 bits per heavy atom. The fourth-order valence-corrected chi connectivity index (χ4v) is 3.64. The molecule has 0 aromatic carbocycles. The molecule has 2 aliphatic rings. The van der Waals surface area contributed by atoms with E-state index in [-0.39, 0.29) is 11.6 Å². The lowest BCUT2D eigenvalue weighted by atomic mass is 9.85. The van der Waals surface area contributed by atoms with E-state index in [0.717, 1.165) is 25.9 Å². The Balaban J connectivity index is 1.71. The number of hydrogen-bond acceptors (Lipinski definition) is 2. The van der Waals surface area contributed by atoms with Gasteiger partial charge in [0.2, 0.25) is 0 Å². The number of halogens is 3. The van der Waals surface area contributed by atoms with Gasteiger partial charge in [0, 0.05) is 30.7 Å². The zero-order valence-electron chi connectivity index (χ0n) is 13.5. The minimum atomic E-state index is -4.00. The lowest BCUT2D eigenvalue weighted by Crippen LogP contribution is -2.52.